The van der Waals surface area contributed by atoms with E-state index in [1.165, 1.54) is 48.1 Å². The first kappa shape index (κ1) is 18.5. The van der Waals surface area contributed by atoms with Crippen molar-refractivity contribution in [3.8, 4) is 11.1 Å². The van der Waals surface area contributed by atoms with Gasteiger partial charge < -0.3 is 5.32 Å². The normalized spacial score (nSPS) is 14.8. The average molecular weight is 428 g/mol. The van der Waals surface area contributed by atoms with Gasteiger partial charge in [0.25, 0.3) is 0 Å². The van der Waals surface area contributed by atoms with Crippen molar-refractivity contribution in [1.29, 1.82) is 0 Å². The monoisotopic (exact) mass is 427 g/mol. The number of carbonyl (C=O) groups is 1. The molecule has 6 nitrogen and oxygen atoms in total. The number of benzene rings is 1. The second-order valence-electron chi connectivity index (χ2n) is 7.09. The lowest BCUT2D eigenvalue weighted by Crippen LogP contribution is -2.33. The molecule has 1 amide bonds. The summed E-state index contributed by atoms with van der Waals surface area (Å²) in [5, 5.41) is 15.2. The smallest absolute Gasteiger partial charge is 0.230 e. The number of rotatable bonds is 5. The Hall–Kier alpha value is -2.52. The fourth-order valence-electron chi connectivity index (χ4n) is 3.73. The first-order valence-electron chi connectivity index (χ1n) is 9.48. The highest BCUT2D eigenvalue weighted by Gasteiger charge is 2.19. The van der Waals surface area contributed by atoms with Crippen LogP contribution in [-0.4, -0.2) is 37.3 Å². The van der Waals surface area contributed by atoms with E-state index >= 15 is 0 Å². The van der Waals surface area contributed by atoms with E-state index in [-0.39, 0.29) is 11.7 Å². The van der Waals surface area contributed by atoms with Crippen molar-refractivity contribution in [2.45, 2.75) is 36.9 Å². The van der Waals surface area contributed by atoms with Gasteiger partial charge in [0, 0.05) is 17.0 Å². The number of carbonyl (C=O) groups excluding carboxylic acids is 1. The van der Waals surface area contributed by atoms with Gasteiger partial charge in [0.15, 0.2) is 10.8 Å². The Labute approximate surface area is 174 Å². The number of thioether (sulfide) groups is 1. The number of thiophene rings is 1. The number of nitrogens with one attached hydrogen (secondary N) is 1. The summed E-state index contributed by atoms with van der Waals surface area (Å²) in [5.74, 6) is 0.0490. The number of nitrogens with zero attached hydrogens (tertiary/aromatic N) is 4. The summed E-state index contributed by atoms with van der Waals surface area (Å²) in [7, 11) is 0. The third-order valence-electron chi connectivity index (χ3n) is 5.16. The lowest BCUT2D eigenvalue weighted by Gasteiger charge is -2.10. The molecule has 0 atom stereocenters. The molecule has 0 radical (unpaired) electrons. The van der Waals surface area contributed by atoms with Crippen LogP contribution in [0.15, 0.2) is 41.1 Å². The summed E-state index contributed by atoms with van der Waals surface area (Å²) in [6, 6.07) is 6.70. The van der Waals surface area contributed by atoms with Gasteiger partial charge in [0.05, 0.1) is 11.1 Å². The molecule has 4 aromatic rings. The zero-order chi connectivity index (χ0) is 19.8. The summed E-state index contributed by atoms with van der Waals surface area (Å²) in [6.07, 6.45) is 6.20. The van der Waals surface area contributed by atoms with Gasteiger partial charge in [-0.05, 0) is 30.5 Å². The molecule has 0 spiro atoms. The molecule has 9 heteroatoms. The van der Waals surface area contributed by atoms with E-state index in [0.717, 1.165) is 34.2 Å². The molecule has 3 aromatic heterocycles. The van der Waals surface area contributed by atoms with E-state index < -0.39 is 0 Å². The summed E-state index contributed by atoms with van der Waals surface area (Å²) in [4.78, 5) is 17.6. The largest absolute Gasteiger partial charge is 0.353 e. The lowest BCUT2D eigenvalue weighted by atomic mass is 10.1. The highest BCUT2D eigenvalue weighted by molar-refractivity contribution is 7.99. The SMILES string of the molecule is O=C(CSc1nnc2c3c(-c4ccc(F)cc4)csc3ncn12)NC1CCCC1. The maximum Gasteiger partial charge on any atom is 0.230 e. The molecule has 0 bridgehead atoms. The summed E-state index contributed by atoms with van der Waals surface area (Å²) in [5.41, 5.74) is 2.54. The van der Waals surface area contributed by atoms with Crippen molar-refractivity contribution >= 4 is 44.9 Å². The molecule has 1 saturated carbocycles. The third-order valence-corrected chi connectivity index (χ3v) is 6.99. The zero-order valence-corrected chi connectivity index (χ0v) is 17.1. The second kappa shape index (κ2) is 7.72. The first-order valence-corrected chi connectivity index (χ1v) is 11.3. The molecule has 3 heterocycles. The van der Waals surface area contributed by atoms with Crippen LogP contribution in [0.3, 0.4) is 0 Å². The minimum atomic E-state index is -0.270. The van der Waals surface area contributed by atoms with E-state index in [4.69, 9.17) is 0 Å². The number of halogens is 1. The highest BCUT2D eigenvalue weighted by Crippen LogP contribution is 2.35. The Balaban J connectivity index is 1.43. The molecular formula is C20H18FN5OS2. The zero-order valence-electron chi connectivity index (χ0n) is 15.5. The van der Waals surface area contributed by atoms with E-state index in [2.05, 4.69) is 20.5 Å². The van der Waals surface area contributed by atoms with Gasteiger partial charge in [-0.1, -0.05) is 36.7 Å². The van der Waals surface area contributed by atoms with Crippen molar-refractivity contribution in [3.05, 3.63) is 41.8 Å². The van der Waals surface area contributed by atoms with Gasteiger partial charge in [-0.15, -0.1) is 21.5 Å². The third kappa shape index (κ3) is 3.60. The highest BCUT2D eigenvalue weighted by atomic mass is 32.2. The minimum Gasteiger partial charge on any atom is -0.353 e. The van der Waals surface area contributed by atoms with Crippen LogP contribution in [0.4, 0.5) is 4.39 Å². The van der Waals surface area contributed by atoms with E-state index in [1.807, 2.05) is 9.78 Å². The van der Waals surface area contributed by atoms with Gasteiger partial charge >= 0.3 is 0 Å². The molecule has 0 aliphatic heterocycles. The van der Waals surface area contributed by atoms with Crippen molar-refractivity contribution < 1.29 is 9.18 Å². The quantitative estimate of drug-likeness (QED) is 0.481. The molecule has 0 saturated heterocycles. The summed E-state index contributed by atoms with van der Waals surface area (Å²) < 4.78 is 15.1. The summed E-state index contributed by atoms with van der Waals surface area (Å²) in [6.45, 7) is 0. The van der Waals surface area contributed by atoms with Crippen LogP contribution in [0.25, 0.3) is 27.0 Å². The van der Waals surface area contributed by atoms with Gasteiger partial charge in [0.1, 0.15) is 17.0 Å². The molecule has 1 aliphatic carbocycles. The van der Waals surface area contributed by atoms with Crippen molar-refractivity contribution in [2.75, 3.05) is 5.75 Å². The van der Waals surface area contributed by atoms with Gasteiger partial charge in [-0.3, -0.25) is 9.20 Å². The summed E-state index contributed by atoms with van der Waals surface area (Å²) >= 11 is 2.87. The molecule has 0 unspecified atom stereocenters. The van der Waals surface area contributed by atoms with Crippen molar-refractivity contribution in [1.82, 2.24) is 24.9 Å². The maximum atomic E-state index is 13.3. The molecule has 1 aliphatic rings. The van der Waals surface area contributed by atoms with Gasteiger partial charge in [-0.2, -0.15) is 0 Å². The second-order valence-corrected chi connectivity index (χ2v) is 8.90. The standard InChI is InChI=1S/C20H18FN5OS2/c21-13-7-5-12(6-8-13)15-9-28-19-17(15)18-24-25-20(26(18)11-22-19)29-10-16(27)23-14-3-1-2-4-14/h5-9,11,14H,1-4,10H2,(H,23,27). The Morgan fingerprint density at radius 1 is 1.24 bits per heavy atom. The molecule has 1 N–H and O–H groups in total. The van der Waals surface area contributed by atoms with Crippen molar-refractivity contribution in [3.63, 3.8) is 0 Å². The molecule has 1 aromatic carbocycles. The van der Waals surface area contributed by atoms with Crippen LogP contribution in [0.1, 0.15) is 25.7 Å². The van der Waals surface area contributed by atoms with E-state index in [9.17, 15) is 9.18 Å². The van der Waals surface area contributed by atoms with Crippen LogP contribution in [0, 0.1) is 5.82 Å². The predicted octanol–water partition coefficient (Wildman–Crippen LogP) is 4.30. The number of aromatic nitrogens is 4. The lowest BCUT2D eigenvalue weighted by molar-refractivity contribution is -0.119. The molecule has 29 heavy (non-hydrogen) atoms. The number of hydrogen-bond donors (Lipinski definition) is 1. The Kier molecular flexibility index (Phi) is 4.92. The average Bonchev–Trinajstić information content (AvgIpc) is 3.46. The molecule has 5 rings (SSSR count). The van der Waals surface area contributed by atoms with Gasteiger partial charge in [0.2, 0.25) is 5.91 Å². The Morgan fingerprint density at radius 3 is 2.83 bits per heavy atom. The van der Waals surface area contributed by atoms with Gasteiger partial charge in [-0.25, -0.2) is 9.37 Å². The number of hydrogen-bond acceptors (Lipinski definition) is 6. The fourth-order valence-corrected chi connectivity index (χ4v) is 5.36. The number of amides is 1. The van der Waals surface area contributed by atoms with Crippen LogP contribution < -0.4 is 5.32 Å². The van der Waals surface area contributed by atoms with Crippen molar-refractivity contribution in [2.24, 2.45) is 0 Å². The van der Waals surface area contributed by atoms with Crippen LogP contribution in [0.2, 0.25) is 0 Å². The van der Waals surface area contributed by atoms with E-state index in [0.29, 0.717) is 22.6 Å². The van der Waals surface area contributed by atoms with E-state index in [1.54, 1.807) is 18.5 Å². The van der Waals surface area contributed by atoms with Crippen LogP contribution >= 0.6 is 23.1 Å². The predicted molar refractivity (Wildman–Crippen MR) is 113 cm³/mol. The maximum absolute atomic E-state index is 13.3. The van der Waals surface area contributed by atoms with Crippen LogP contribution in [0.5, 0.6) is 0 Å². The number of fused-ring (bicyclic) bond motifs is 3. The Morgan fingerprint density at radius 2 is 2.03 bits per heavy atom. The molecule has 148 valence electrons. The molecule has 1 fully saturated rings. The fraction of sp³-hybridized carbons (Fsp3) is 0.300. The first-order chi connectivity index (χ1) is 14.2. The Bertz CT molecular complexity index is 1180. The van der Waals surface area contributed by atoms with Crippen LogP contribution in [-0.2, 0) is 4.79 Å². The molecular weight excluding hydrogens is 409 g/mol. The topological polar surface area (TPSA) is 72.2 Å². The minimum absolute atomic E-state index is 0.0234.